The van der Waals surface area contributed by atoms with E-state index in [0.29, 0.717) is 13.1 Å². The highest BCUT2D eigenvalue weighted by Gasteiger charge is 2.37. The van der Waals surface area contributed by atoms with Crippen LogP contribution in [0.3, 0.4) is 0 Å². The molecule has 1 saturated heterocycles. The Bertz CT molecular complexity index is 622. The lowest BCUT2D eigenvalue weighted by molar-refractivity contribution is -0.146. The van der Waals surface area contributed by atoms with Crippen molar-refractivity contribution in [3.8, 4) is 0 Å². The molecule has 126 valence electrons. The molecule has 2 aromatic heterocycles. The lowest BCUT2D eigenvalue weighted by Gasteiger charge is -2.33. The van der Waals surface area contributed by atoms with Gasteiger partial charge < -0.3 is 9.63 Å². The van der Waals surface area contributed by atoms with Crippen molar-refractivity contribution in [1.29, 1.82) is 0 Å². The zero-order valence-corrected chi connectivity index (χ0v) is 13.0. The van der Waals surface area contributed by atoms with Crippen LogP contribution in [0, 0.1) is 5.92 Å². The zero-order chi connectivity index (χ0) is 16.4. The van der Waals surface area contributed by atoms with Gasteiger partial charge in [-0.1, -0.05) is 11.2 Å². The van der Waals surface area contributed by atoms with Crippen LogP contribution in [0.5, 0.6) is 0 Å². The highest BCUT2D eigenvalue weighted by molar-refractivity contribution is 7.10. The molecule has 0 aliphatic carbocycles. The summed E-state index contributed by atoms with van der Waals surface area (Å²) in [6.45, 7) is 1.55. The van der Waals surface area contributed by atoms with Crippen molar-refractivity contribution >= 4 is 11.3 Å². The van der Waals surface area contributed by atoms with E-state index in [1.165, 1.54) is 11.3 Å². The van der Waals surface area contributed by atoms with Gasteiger partial charge in [0.05, 0.1) is 12.6 Å². The molecule has 23 heavy (non-hydrogen) atoms. The summed E-state index contributed by atoms with van der Waals surface area (Å²) in [6.07, 6.45) is -3.50. The fraction of sp³-hybridized carbons (Fsp3) is 0.571. The average Bonchev–Trinajstić information content (AvgIpc) is 3.18. The Morgan fingerprint density at radius 1 is 1.39 bits per heavy atom. The number of likely N-dealkylation sites (tertiary alicyclic amines) is 1. The van der Waals surface area contributed by atoms with Crippen LogP contribution in [0.1, 0.15) is 35.5 Å². The first-order valence-corrected chi connectivity index (χ1v) is 8.15. The number of alkyl halides is 3. The largest absolute Gasteiger partial charge is 0.455 e. The number of hydrogen-bond donors (Lipinski definition) is 1. The van der Waals surface area contributed by atoms with Crippen LogP contribution >= 0.6 is 11.3 Å². The summed E-state index contributed by atoms with van der Waals surface area (Å²) in [4.78, 5) is 6.30. The number of piperidine rings is 1. The normalized spacial score (nSPS) is 19.1. The minimum Gasteiger partial charge on any atom is -0.387 e. The quantitative estimate of drug-likeness (QED) is 0.921. The van der Waals surface area contributed by atoms with Gasteiger partial charge in [-0.2, -0.15) is 18.2 Å². The number of nitrogens with zero attached hydrogens (tertiary/aromatic N) is 3. The van der Waals surface area contributed by atoms with E-state index in [4.69, 9.17) is 0 Å². The smallest absolute Gasteiger partial charge is 0.387 e. The molecule has 1 unspecified atom stereocenters. The second-order valence-corrected chi connectivity index (χ2v) is 6.56. The highest BCUT2D eigenvalue weighted by atomic mass is 32.1. The molecule has 5 nitrogen and oxygen atoms in total. The van der Waals surface area contributed by atoms with Gasteiger partial charge in [0.1, 0.15) is 0 Å². The Balaban J connectivity index is 1.52. The summed E-state index contributed by atoms with van der Waals surface area (Å²) in [7, 11) is 0. The standard InChI is InChI=1S/C14H16F3N3O2S/c15-14(16,17)13-18-11(22-19-13)8-20-5-3-9(4-6-20)12(21)10-2-1-7-23-10/h1-2,7,9,12,21H,3-6,8H2. The van der Waals surface area contributed by atoms with E-state index in [-0.39, 0.29) is 18.4 Å². The van der Waals surface area contributed by atoms with Crippen molar-refractivity contribution < 1.29 is 22.8 Å². The molecule has 1 fully saturated rings. The third-order valence-corrected chi connectivity index (χ3v) is 4.94. The minimum atomic E-state index is -4.58. The van der Waals surface area contributed by atoms with E-state index in [9.17, 15) is 18.3 Å². The molecule has 1 aliphatic heterocycles. The molecule has 0 bridgehead atoms. The average molecular weight is 347 g/mol. The molecule has 1 aliphatic rings. The summed E-state index contributed by atoms with van der Waals surface area (Å²) in [5.74, 6) is -1.11. The van der Waals surface area contributed by atoms with E-state index in [2.05, 4.69) is 14.7 Å². The Labute approximate surface area is 134 Å². The van der Waals surface area contributed by atoms with Crippen molar-refractivity contribution in [3.05, 3.63) is 34.1 Å². The number of halogens is 3. The van der Waals surface area contributed by atoms with Crippen molar-refractivity contribution in [3.63, 3.8) is 0 Å². The van der Waals surface area contributed by atoms with E-state index < -0.39 is 18.1 Å². The molecule has 3 rings (SSSR count). The summed E-state index contributed by atoms with van der Waals surface area (Å²) >= 11 is 1.53. The van der Waals surface area contributed by atoms with E-state index in [1.807, 2.05) is 22.4 Å². The summed E-state index contributed by atoms with van der Waals surface area (Å²) < 4.78 is 41.9. The molecule has 0 saturated carbocycles. The maximum Gasteiger partial charge on any atom is 0.455 e. The van der Waals surface area contributed by atoms with Crippen molar-refractivity contribution in [2.75, 3.05) is 13.1 Å². The third-order valence-electron chi connectivity index (χ3n) is 3.99. The number of aromatic nitrogens is 2. The summed E-state index contributed by atoms with van der Waals surface area (Å²) in [5.41, 5.74) is 0. The van der Waals surface area contributed by atoms with Gasteiger partial charge >= 0.3 is 6.18 Å². The fourth-order valence-corrected chi connectivity index (χ4v) is 3.55. The molecule has 0 amide bonds. The molecule has 9 heteroatoms. The van der Waals surface area contributed by atoms with Gasteiger partial charge in [0, 0.05) is 4.88 Å². The number of rotatable bonds is 4. The Morgan fingerprint density at radius 2 is 2.13 bits per heavy atom. The van der Waals surface area contributed by atoms with Crippen molar-refractivity contribution in [2.45, 2.75) is 31.7 Å². The second-order valence-electron chi connectivity index (χ2n) is 5.58. The molecule has 0 aromatic carbocycles. The molecule has 1 atom stereocenters. The number of aliphatic hydroxyl groups excluding tert-OH is 1. The predicted octanol–water partition coefficient (Wildman–Crippen LogP) is 3.10. The first kappa shape index (κ1) is 16.4. The molecule has 3 heterocycles. The lowest BCUT2D eigenvalue weighted by atomic mass is 9.90. The second kappa shape index (κ2) is 6.58. The molecule has 0 radical (unpaired) electrons. The van der Waals surface area contributed by atoms with Gasteiger partial charge in [-0.15, -0.1) is 11.3 Å². The van der Waals surface area contributed by atoms with Gasteiger partial charge in [0.2, 0.25) is 5.89 Å². The summed E-state index contributed by atoms with van der Waals surface area (Å²) in [6, 6.07) is 3.82. The van der Waals surface area contributed by atoms with E-state index >= 15 is 0 Å². The van der Waals surface area contributed by atoms with Crippen molar-refractivity contribution in [1.82, 2.24) is 15.0 Å². The monoisotopic (exact) mass is 347 g/mol. The van der Waals surface area contributed by atoms with Crippen LogP contribution < -0.4 is 0 Å². The highest BCUT2D eigenvalue weighted by Crippen LogP contribution is 2.33. The molecular formula is C14H16F3N3O2S. The fourth-order valence-electron chi connectivity index (χ4n) is 2.74. The number of aliphatic hydroxyl groups is 1. The van der Waals surface area contributed by atoms with Gasteiger partial charge in [0.25, 0.3) is 5.82 Å². The maximum absolute atomic E-state index is 12.4. The van der Waals surface area contributed by atoms with E-state index in [1.54, 1.807) is 0 Å². The topological polar surface area (TPSA) is 62.4 Å². The number of hydrogen-bond acceptors (Lipinski definition) is 6. The molecular weight excluding hydrogens is 331 g/mol. The Morgan fingerprint density at radius 3 is 2.70 bits per heavy atom. The first-order valence-electron chi connectivity index (χ1n) is 7.27. The predicted molar refractivity (Wildman–Crippen MR) is 76.6 cm³/mol. The van der Waals surface area contributed by atoms with E-state index in [0.717, 1.165) is 17.7 Å². The van der Waals surface area contributed by atoms with Gasteiger partial charge in [-0.3, -0.25) is 4.90 Å². The van der Waals surface area contributed by atoms with Gasteiger partial charge in [0.15, 0.2) is 0 Å². The molecule has 2 aromatic rings. The minimum absolute atomic E-state index is 0.0328. The Hall–Kier alpha value is -1.45. The Kier molecular flexibility index (Phi) is 4.69. The summed E-state index contributed by atoms with van der Waals surface area (Å²) in [5, 5.41) is 15.2. The van der Waals surface area contributed by atoms with Crippen LogP contribution in [-0.4, -0.2) is 33.2 Å². The van der Waals surface area contributed by atoms with Crippen LogP contribution in [0.4, 0.5) is 13.2 Å². The maximum atomic E-state index is 12.4. The lowest BCUT2D eigenvalue weighted by Crippen LogP contribution is -2.35. The van der Waals surface area contributed by atoms with Crippen LogP contribution in [0.15, 0.2) is 22.0 Å². The third kappa shape index (κ3) is 3.91. The van der Waals surface area contributed by atoms with Gasteiger partial charge in [-0.25, -0.2) is 0 Å². The van der Waals surface area contributed by atoms with Crippen molar-refractivity contribution in [2.24, 2.45) is 5.92 Å². The number of thiophene rings is 1. The molecule has 1 N–H and O–H groups in total. The zero-order valence-electron chi connectivity index (χ0n) is 12.2. The van der Waals surface area contributed by atoms with Gasteiger partial charge in [-0.05, 0) is 43.3 Å². The SMILES string of the molecule is OC(c1cccs1)C1CCN(Cc2nc(C(F)(F)F)no2)CC1. The first-order chi connectivity index (χ1) is 10.9. The molecule has 0 spiro atoms. The van der Waals surface area contributed by atoms with Crippen LogP contribution in [0.2, 0.25) is 0 Å². The van der Waals surface area contributed by atoms with Crippen LogP contribution in [0.25, 0.3) is 0 Å². The van der Waals surface area contributed by atoms with Crippen LogP contribution in [-0.2, 0) is 12.7 Å².